The number of carbonyl (C=O) groups is 2. The van der Waals surface area contributed by atoms with Crippen molar-refractivity contribution in [1.29, 1.82) is 0 Å². The number of ether oxygens (including phenoxy) is 1. The zero-order chi connectivity index (χ0) is 15.0. The van der Waals surface area contributed by atoms with Crippen LogP contribution in [-0.4, -0.2) is 18.4 Å². The molecule has 0 saturated carbocycles. The fourth-order valence-electron chi connectivity index (χ4n) is 1.71. The highest BCUT2D eigenvalue weighted by molar-refractivity contribution is 6.17. The summed E-state index contributed by atoms with van der Waals surface area (Å²) in [5, 5.41) is 3.01. The average molecular weight is 275 g/mol. The molecule has 0 fully saturated rings. The van der Waals surface area contributed by atoms with E-state index < -0.39 is 5.97 Å². The van der Waals surface area contributed by atoms with Gasteiger partial charge in [-0.2, -0.15) is 0 Å². The number of anilines is 1. The minimum Gasteiger partial charge on any atom is -0.462 e. The van der Waals surface area contributed by atoms with E-state index in [1.54, 1.807) is 6.92 Å². The largest absolute Gasteiger partial charge is 0.462 e. The predicted octanol–water partition coefficient (Wildman–Crippen LogP) is 3.22. The Morgan fingerprint density at radius 1 is 1.25 bits per heavy atom. The summed E-state index contributed by atoms with van der Waals surface area (Å²) in [5.41, 5.74) is 1.96. The minimum atomic E-state index is -0.577. The monoisotopic (exact) mass is 275 g/mol. The molecular weight excluding hydrogens is 254 g/mol. The number of benzene rings is 1. The molecule has 108 valence electrons. The van der Waals surface area contributed by atoms with E-state index in [-0.39, 0.29) is 18.0 Å². The second kappa shape index (κ2) is 8.15. The van der Waals surface area contributed by atoms with Crippen molar-refractivity contribution >= 4 is 17.4 Å². The third kappa shape index (κ3) is 4.53. The van der Waals surface area contributed by atoms with Gasteiger partial charge in [-0.15, -0.1) is 0 Å². The smallest absolute Gasteiger partial charge is 0.343 e. The molecule has 0 amide bonds. The molecule has 0 spiro atoms. The van der Waals surface area contributed by atoms with Crippen LogP contribution in [0.3, 0.4) is 0 Å². The maximum absolute atomic E-state index is 12.0. The van der Waals surface area contributed by atoms with Gasteiger partial charge in [-0.1, -0.05) is 25.1 Å². The predicted molar refractivity (Wildman–Crippen MR) is 79.4 cm³/mol. The van der Waals surface area contributed by atoms with Gasteiger partial charge in [-0.05, 0) is 31.9 Å². The zero-order valence-electron chi connectivity index (χ0n) is 12.2. The highest BCUT2D eigenvalue weighted by Gasteiger charge is 2.18. The Hall–Kier alpha value is -2.10. The van der Waals surface area contributed by atoms with E-state index in [4.69, 9.17) is 4.74 Å². The van der Waals surface area contributed by atoms with Gasteiger partial charge in [0.05, 0.1) is 6.61 Å². The van der Waals surface area contributed by atoms with Crippen LogP contribution in [0.5, 0.6) is 0 Å². The maximum atomic E-state index is 12.0. The number of carbonyl (C=O) groups excluding carboxylic acids is 2. The summed E-state index contributed by atoms with van der Waals surface area (Å²) in [5.74, 6) is -0.779. The van der Waals surface area contributed by atoms with Gasteiger partial charge >= 0.3 is 5.97 Å². The number of Topliss-reactive ketones (excluding diaryl/α,β-unsaturated/α-hetero) is 1. The maximum Gasteiger partial charge on any atom is 0.343 e. The van der Waals surface area contributed by atoms with Gasteiger partial charge < -0.3 is 10.1 Å². The second-order valence-corrected chi connectivity index (χ2v) is 4.41. The molecule has 0 aliphatic carbocycles. The number of hydrogen-bond donors (Lipinski definition) is 1. The van der Waals surface area contributed by atoms with Crippen molar-refractivity contribution in [3.63, 3.8) is 0 Å². The second-order valence-electron chi connectivity index (χ2n) is 4.41. The Balaban J connectivity index is 2.92. The van der Waals surface area contributed by atoms with Crippen molar-refractivity contribution in [1.82, 2.24) is 0 Å². The Morgan fingerprint density at radius 2 is 1.95 bits per heavy atom. The van der Waals surface area contributed by atoms with Crippen LogP contribution in [-0.2, 0) is 14.3 Å². The topological polar surface area (TPSA) is 55.4 Å². The minimum absolute atomic E-state index is 0.0666. The highest BCUT2D eigenvalue weighted by atomic mass is 16.5. The summed E-state index contributed by atoms with van der Waals surface area (Å²) >= 11 is 0. The van der Waals surface area contributed by atoms with Crippen molar-refractivity contribution in [3.8, 4) is 0 Å². The summed E-state index contributed by atoms with van der Waals surface area (Å²) in [7, 11) is 0. The van der Waals surface area contributed by atoms with Gasteiger partial charge in [0.2, 0.25) is 0 Å². The molecule has 0 bridgehead atoms. The number of nitrogens with one attached hydrogen (secondary N) is 1. The molecule has 0 radical (unpaired) electrons. The molecule has 1 N–H and O–H groups in total. The van der Waals surface area contributed by atoms with E-state index in [2.05, 4.69) is 5.32 Å². The Bertz CT molecular complexity index is 486. The normalized spacial score (nSPS) is 11.1. The molecule has 0 aliphatic heterocycles. The molecule has 1 rings (SSSR count). The SMILES string of the molecule is CCCC(=O)/C(=C/Nc1ccccc1C)C(=O)OCC. The van der Waals surface area contributed by atoms with Crippen LogP contribution in [0.1, 0.15) is 32.3 Å². The molecule has 0 heterocycles. The third-order valence-corrected chi connectivity index (χ3v) is 2.79. The number of rotatable bonds is 7. The van der Waals surface area contributed by atoms with Gasteiger partial charge in [-0.3, -0.25) is 4.79 Å². The lowest BCUT2D eigenvalue weighted by molar-refractivity contribution is -0.140. The number of hydrogen-bond acceptors (Lipinski definition) is 4. The lowest BCUT2D eigenvalue weighted by Gasteiger charge is -2.08. The number of para-hydroxylation sites is 1. The molecule has 4 nitrogen and oxygen atoms in total. The number of ketones is 1. The average Bonchev–Trinajstić information content (AvgIpc) is 2.41. The molecule has 0 saturated heterocycles. The Labute approximate surface area is 119 Å². The molecule has 1 aromatic carbocycles. The fraction of sp³-hybridized carbons (Fsp3) is 0.375. The van der Waals surface area contributed by atoms with Gasteiger partial charge in [-0.25, -0.2) is 4.79 Å². The fourth-order valence-corrected chi connectivity index (χ4v) is 1.71. The summed E-state index contributed by atoms with van der Waals surface area (Å²) in [6.45, 7) is 5.82. The molecule has 0 atom stereocenters. The Kier molecular flexibility index (Phi) is 6.50. The number of esters is 1. The zero-order valence-corrected chi connectivity index (χ0v) is 12.2. The van der Waals surface area contributed by atoms with E-state index in [0.717, 1.165) is 11.3 Å². The molecule has 1 aromatic rings. The quantitative estimate of drug-likeness (QED) is 0.359. The van der Waals surface area contributed by atoms with Gasteiger partial charge in [0.1, 0.15) is 5.57 Å². The van der Waals surface area contributed by atoms with Crippen LogP contribution in [0, 0.1) is 6.92 Å². The third-order valence-electron chi connectivity index (χ3n) is 2.79. The summed E-state index contributed by atoms with van der Waals surface area (Å²) in [6, 6.07) is 7.66. The molecule has 0 aliphatic rings. The van der Waals surface area contributed by atoms with E-state index in [1.807, 2.05) is 38.1 Å². The van der Waals surface area contributed by atoms with E-state index >= 15 is 0 Å². The van der Waals surface area contributed by atoms with Crippen LogP contribution in [0.4, 0.5) is 5.69 Å². The van der Waals surface area contributed by atoms with Crippen molar-refractivity contribution in [2.75, 3.05) is 11.9 Å². The van der Waals surface area contributed by atoms with E-state index in [1.165, 1.54) is 6.20 Å². The van der Waals surface area contributed by atoms with Crippen molar-refractivity contribution < 1.29 is 14.3 Å². The van der Waals surface area contributed by atoms with Gasteiger partial charge in [0.25, 0.3) is 0 Å². The van der Waals surface area contributed by atoms with Gasteiger partial charge in [0.15, 0.2) is 5.78 Å². The standard InChI is InChI=1S/C16H21NO3/c1-4-8-15(18)13(16(19)20-5-2)11-17-14-10-7-6-9-12(14)3/h6-7,9-11,17H,4-5,8H2,1-3H3/b13-11-. The highest BCUT2D eigenvalue weighted by Crippen LogP contribution is 2.14. The van der Waals surface area contributed by atoms with Gasteiger partial charge in [0, 0.05) is 18.3 Å². The van der Waals surface area contributed by atoms with Crippen LogP contribution in [0.15, 0.2) is 36.0 Å². The summed E-state index contributed by atoms with van der Waals surface area (Å²) in [6.07, 6.45) is 2.47. The first-order chi connectivity index (χ1) is 9.60. The molecule has 0 unspecified atom stereocenters. The van der Waals surface area contributed by atoms with Crippen molar-refractivity contribution in [2.45, 2.75) is 33.6 Å². The summed E-state index contributed by atoms with van der Waals surface area (Å²) in [4.78, 5) is 23.8. The van der Waals surface area contributed by atoms with Crippen LogP contribution in [0.25, 0.3) is 0 Å². The van der Waals surface area contributed by atoms with Crippen LogP contribution < -0.4 is 5.32 Å². The first-order valence-electron chi connectivity index (χ1n) is 6.82. The Morgan fingerprint density at radius 3 is 2.55 bits per heavy atom. The molecular formula is C16H21NO3. The van der Waals surface area contributed by atoms with Crippen molar-refractivity contribution in [3.05, 3.63) is 41.6 Å². The first kappa shape index (κ1) is 16.0. The lowest BCUT2D eigenvalue weighted by atomic mass is 10.1. The van der Waals surface area contributed by atoms with Crippen LogP contribution >= 0.6 is 0 Å². The first-order valence-corrected chi connectivity index (χ1v) is 6.82. The lowest BCUT2D eigenvalue weighted by Crippen LogP contribution is -2.17. The van der Waals surface area contributed by atoms with E-state index in [9.17, 15) is 9.59 Å². The molecule has 20 heavy (non-hydrogen) atoms. The van der Waals surface area contributed by atoms with Crippen LogP contribution in [0.2, 0.25) is 0 Å². The number of aryl methyl sites for hydroxylation is 1. The van der Waals surface area contributed by atoms with Crippen molar-refractivity contribution in [2.24, 2.45) is 0 Å². The molecule has 4 heteroatoms. The molecule has 0 aromatic heterocycles. The van der Waals surface area contributed by atoms with E-state index in [0.29, 0.717) is 12.8 Å². The summed E-state index contributed by atoms with van der Waals surface area (Å²) < 4.78 is 4.92.